The fourth-order valence-electron chi connectivity index (χ4n) is 2.28. The van der Waals surface area contributed by atoms with Gasteiger partial charge in [-0.3, -0.25) is 4.98 Å². The van der Waals surface area contributed by atoms with Crippen molar-refractivity contribution in [2.24, 2.45) is 0 Å². The van der Waals surface area contributed by atoms with Gasteiger partial charge in [0, 0.05) is 22.3 Å². The van der Waals surface area contributed by atoms with Crippen LogP contribution >= 0.6 is 22.9 Å². The summed E-state index contributed by atoms with van der Waals surface area (Å²) in [7, 11) is 0. The monoisotopic (exact) mass is 311 g/mol. The standard InChI is InChI=1S/C16H10ClN3S/c17-10-6-7-15-14(9-10)20-16(21-15)19-13-5-1-4-12-11(13)3-2-8-18-12/h1-9H,(H,19,20). The van der Waals surface area contributed by atoms with Gasteiger partial charge in [0.25, 0.3) is 0 Å². The zero-order valence-corrected chi connectivity index (χ0v) is 12.4. The molecule has 0 aliphatic heterocycles. The number of benzene rings is 2. The molecule has 0 atom stereocenters. The molecule has 0 spiro atoms. The summed E-state index contributed by atoms with van der Waals surface area (Å²) >= 11 is 7.61. The molecule has 4 rings (SSSR count). The van der Waals surface area contributed by atoms with Gasteiger partial charge in [-0.2, -0.15) is 0 Å². The molecular formula is C16H10ClN3S. The van der Waals surface area contributed by atoms with Crippen LogP contribution in [0.4, 0.5) is 10.8 Å². The molecule has 0 amide bonds. The summed E-state index contributed by atoms with van der Waals surface area (Å²) in [6.07, 6.45) is 1.80. The van der Waals surface area contributed by atoms with Crippen molar-refractivity contribution in [2.45, 2.75) is 0 Å². The van der Waals surface area contributed by atoms with Crippen LogP contribution in [0.5, 0.6) is 0 Å². The van der Waals surface area contributed by atoms with E-state index in [2.05, 4.69) is 21.4 Å². The van der Waals surface area contributed by atoms with Crippen LogP contribution in [-0.2, 0) is 0 Å². The molecule has 5 heteroatoms. The first-order valence-corrected chi connectivity index (χ1v) is 7.66. The van der Waals surface area contributed by atoms with Gasteiger partial charge >= 0.3 is 0 Å². The van der Waals surface area contributed by atoms with Gasteiger partial charge in [0.05, 0.1) is 15.7 Å². The van der Waals surface area contributed by atoms with Crippen LogP contribution in [0.25, 0.3) is 21.1 Å². The predicted octanol–water partition coefficient (Wildman–Crippen LogP) is 5.24. The summed E-state index contributed by atoms with van der Waals surface area (Å²) in [5.41, 5.74) is 2.88. The lowest BCUT2D eigenvalue weighted by atomic mass is 10.2. The number of anilines is 2. The Labute approximate surface area is 130 Å². The lowest BCUT2D eigenvalue weighted by molar-refractivity contribution is 1.40. The lowest BCUT2D eigenvalue weighted by Gasteiger charge is -2.06. The molecule has 0 fully saturated rings. The smallest absolute Gasteiger partial charge is 0.188 e. The molecule has 0 bridgehead atoms. The molecular weight excluding hydrogens is 302 g/mol. The summed E-state index contributed by atoms with van der Waals surface area (Å²) < 4.78 is 1.11. The Kier molecular flexibility index (Phi) is 2.98. The molecule has 0 unspecified atom stereocenters. The largest absolute Gasteiger partial charge is 0.331 e. The van der Waals surface area contributed by atoms with E-state index in [0.717, 1.165) is 31.9 Å². The summed E-state index contributed by atoms with van der Waals surface area (Å²) in [4.78, 5) is 8.94. The fourth-order valence-corrected chi connectivity index (χ4v) is 3.31. The number of nitrogens with one attached hydrogen (secondary N) is 1. The van der Waals surface area contributed by atoms with Crippen LogP contribution < -0.4 is 5.32 Å². The van der Waals surface area contributed by atoms with Gasteiger partial charge < -0.3 is 5.32 Å². The molecule has 0 aliphatic carbocycles. The summed E-state index contributed by atoms with van der Waals surface area (Å²) in [5.74, 6) is 0. The molecule has 0 saturated heterocycles. The van der Waals surface area contributed by atoms with Crippen LogP contribution in [0.3, 0.4) is 0 Å². The van der Waals surface area contributed by atoms with Crippen LogP contribution in [0.15, 0.2) is 54.7 Å². The van der Waals surface area contributed by atoms with Crippen LogP contribution in [-0.4, -0.2) is 9.97 Å². The third kappa shape index (κ3) is 2.33. The second kappa shape index (κ2) is 4.98. The van der Waals surface area contributed by atoms with Crippen molar-refractivity contribution in [1.29, 1.82) is 0 Å². The van der Waals surface area contributed by atoms with Gasteiger partial charge in [-0.1, -0.05) is 29.0 Å². The highest BCUT2D eigenvalue weighted by atomic mass is 35.5. The summed E-state index contributed by atoms with van der Waals surface area (Å²) in [6.45, 7) is 0. The zero-order valence-electron chi connectivity index (χ0n) is 10.9. The van der Waals surface area contributed by atoms with E-state index < -0.39 is 0 Å². The Morgan fingerprint density at radius 1 is 1.00 bits per heavy atom. The third-order valence-electron chi connectivity index (χ3n) is 3.24. The van der Waals surface area contributed by atoms with Gasteiger partial charge in [0.1, 0.15) is 0 Å². The van der Waals surface area contributed by atoms with Crippen molar-refractivity contribution in [1.82, 2.24) is 9.97 Å². The SMILES string of the molecule is Clc1ccc2sc(Nc3cccc4ncccc34)nc2c1. The van der Waals surface area contributed by atoms with E-state index >= 15 is 0 Å². The van der Waals surface area contributed by atoms with Crippen molar-refractivity contribution in [3.63, 3.8) is 0 Å². The van der Waals surface area contributed by atoms with E-state index in [9.17, 15) is 0 Å². The van der Waals surface area contributed by atoms with Crippen LogP contribution in [0.2, 0.25) is 5.02 Å². The molecule has 0 aliphatic rings. The van der Waals surface area contributed by atoms with Crippen molar-refractivity contribution in [2.75, 3.05) is 5.32 Å². The van der Waals surface area contributed by atoms with E-state index in [1.165, 1.54) is 0 Å². The molecule has 1 N–H and O–H groups in total. The van der Waals surface area contributed by atoms with Gasteiger partial charge in [-0.05, 0) is 42.5 Å². The van der Waals surface area contributed by atoms with Crippen molar-refractivity contribution in [3.05, 3.63) is 59.8 Å². The minimum atomic E-state index is 0.703. The molecule has 3 nitrogen and oxygen atoms in total. The summed E-state index contributed by atoms with van der Waals surface area (Å²) in [6, 6.07) is 15.8. The van der Waals surface area contributed by atoms with E-state index in [-0.39, 0.29) is 0 Å². The third-order valence-corrected chi connectivity index (χ3v) is 4.42. The van der Waals surface area contributed by atoms with Crippen molar-refractivity contribution < 1.29 is 0 Å². The fraction of sp³-hybridized carbons (Fsp3) is 0. The molecule has 2 aromatic heterocycles. The molecule has 2 aromatic carbocycles. The quantitative estimate of drug-likeness (QED) is 0.550. The van der Waals surface area contributed by atoms with E-state index in [0.29, 0.717) is 5.02 Å². The molecule has 21 heavy (non-hydrogen) atoms. The maximum absolute atomic E-state index is 6.00. The van der Waals surface area contributed by atoms with Crippen molar-refractivity contribution in [3.8, 4) is 0 Å². The number of pyridine rings is 1. The van der Waals surface area contributed by atoms with E-state index in [4.69, 9.17) is 11.6 Å². The van der Waals surface area contributed by atoms with Gasteiger partial charge in [0.15, 0.2) is 5.13 Å². The molecule has 0 radical (unpaired) electrons. The number of rotatable bonds is 2. The minimum Gasteiger partial charge on any atom is -0.331 e. The number of thiazole rings is 1. The second-order valence-corrected chi connectivity index (χ2v) is 6.10. The molecule has 102 valence electrons. The van der Waals surface area contributed by atoms with Gasteiger partial charge in [-0.15, -0.1) is 0 Å². The lowest BCUT2D eigenvalue weighted by Crippen LogP contribution is -1.91. The predicted molar refractivity (Wildman–Crippen MR) is 89.7 cm³/mol. The van der Waals surface area contributed by atoms with Crippen molar-refractivity contribution >= 4 is 54.9 Å². The zero-order chi connectivity index (χ0) is 14.2. The topological polar surface area (TPSA) is 37.8 Å². The first-order valence-electron chi connectivity index (χ1n) is 6.46. The number of fused-ring (bicyclic) bond motifs is 2. The van der Waals surface area contributed by atoms with Crippen LogP contribution in [0, 0.1) is 0 Å². The Bertz CT molecular complexity index is 943. The van der Waals surface area contributed by atoms with E-state index in [1.807, 2.05) is 42.5 Å². The highest BCUT2D eigenvalue weighted by molar-refractivity contribution is 7.22. The average Bonchev–Trinajstić information content (AvgIpc) is 2.89. The van der Waals surface area contributed by atoms with E-state index in [1.54, 1.807) is 17.5 Å². The Morgan fingerprint density at radius 3 is 2.90 bits per heavy atom. The minimum absolute atomic E-state index is 0.703. The Balaban J connectivity index is 1.79. The molecule has 0 saturated carbocycles. The highest BCUT2D eigenvalue weighted by Gasteiger charge is 2.07. The van der Waals surface area contributed by atoms with Gasteiger partial charge in [-0.25, -0.2) is 4.98 Å². The maximum atomic E-state index is 6.00. The van der Waals surface area contributed by atoms with Crippen LogP contribution in [0.1, 0.15) is 0 Å². The average molecular weight is 312 g/mol. The number of hydrogen-bond acceptors (Lipinski definition) is 4. The first kappa shape index (κ1) is 12.6. The second-order valence-electron chi connectivity index (χ2n) is 4.63. The number of aromatic nitrogens is 2. The summed E-state index contributed by atoms with van der Waals surface area (Å²) in [5, 5.41) is 6.01. The normalized spacial score (nSPS) is 11.1. The number of hydrogen-bond donors (Lipinski definition) is 1. The number of halogens is 1. The molecule has 2 heterocycles. The highest BCUT2D eigenvalue weighted by Crippen LogP contribution is 2.32. The first-order chi connectivity index (χ1) is 10.3. The maximum Gasteiger partial charge on any atom is 0.188 e. The Morgan fingerprint density at radius 2 is 1.95 bits per heavy atom. The molecule has 4 aromatic rings. The number of nitrogens with zero attached hydrogens (tertiary/aromatic N) is 2. The Hall–Kier alpha value is -2.17. The van der Waals surface area contributed by atoms with Gasteiger partial charge in [0.2, 0.25) is 0 Å².